The minimum absolute atomic E-state index is 0.0738. The summed E-state index contributed by atoms with van der Waals surface area (Å²) in [5.74, 6) is 0.0974. The van der Waals surface area contributed by atoms with Crippen LogP contribution in [0.2, 0.25) is 0 Å². The van der Waals surface area contributed by atoms with Crippen molar-refractivity contribution in [2.24, 2.45) is 5.92 Å². The standard InChI is InChI=1S/C19H17F3N4O4S2/c20-19(21,22)30-12-3-5-13(6-4-12)32(27,28)14-7-15(23)17(24-8-14)18-26-25-16(31-18)10-29-9-11-1-2-11/h3-8,11H,1-2,9-10,23H2. The number of pyridine rings is 1. The van der Waals surface area contributed by atoms with E-state index < -0.39 is 21.9 Å². The molecule has 32 heavy (non-hydrogen) atoms. The van der Waals surface area contributed by atoms with Crippen LogP contribution in [-0.4, -0.2) is 36.6 Å². The van der Waals surface area contributed by atoms with E-state index >= 15 is 0 Å². The molecule has 2 heterocycles. The van der Waals surface area contributed by atoms with Crippen molar-refractivity contribution < 1.29 is 31.1 Å². The highest BCUT2D eigenvalue weighted by atomic mass is 32.2. The van der Waals surface area contributed by atoms with Crippen molar-refractivity contribution in [3.05, 3.63) is 41.5 Å². The van der Waals surface area contributed by atoms with Crippen molar-refractivity contribution in [3.63, 3.8) is 0 Å². The van der Waals surface area contributed by atoms with Gasteiger partial charge in [-0.05, 0) is 49.1 Å². The number of rotatable bonds is 8. The molecule has 0 radical (unpaired) electrons. The second kappa shape index (κ2) is 8.64. The maximum Gasteiger partial charge on any atom is 0.573 e. The summed E-state index contributed by atoms with van der Waals surface area (Å²) in [5, 5.41) is 9.16. The van der Waals surface area contributed by atoms with E-state index in [-0.39, 0.29) is 21.2 Å². The molecule has 0 amide bonds. The number of nitrogens with zero attached hydrogens (tertiary/aromatic N) is 3. The first-order valence-corrected chi connectivity index (χ1v) is 11.7. The van der Waals surface area contributed by atoms with Crippen molar-refractivity contribution >= 4 is 26.9 Å². The Morgan fingerprint density at radius 2 is 1.84 bits per heavy atom. The molecule has 0 saturated heterocycles. The van der Waals surface area contributed by atoms with Crippen molar-refractivity contribution in [1.29, 1.82) is 0 Å². The predicted molar refractivity (Wildman–Crippen MR) is 109 cm³/mol. The van der Waals surface area contributed by atoms with Gasteiger partial charge in [0.15, 0.2) is 5.01 Å². The molecule has 1 aliphatic carbocycles. The maximum atomic E-state index is 12.8. The van der Waals surface area contributed by atoms with E-state index in [0.717, 1.165) is 30.5 Å². The molecule has 0 bridgehead atoms. The van der Waals surface area contributed by atoms with Gasteiger partial charge in [0.25, 0.3) is 0 Å². The van der Waals surface area contributed by atoms with E-state index in [9.17, 15) is 21.6 Å². The topological polar surface area (TPSA) is 117 Å². The van der Waals surface area contributed by atoms with Gasteiger partial charge < -0.3 is 15.2 Å². The fourth-order valence-corrected chi connectivity index (χ4v) is 4.78. The number of anilines is 1. The molecule has 8 nitrogen and oxygen atoms in total. The Morgan fingerprint density at radius 3 is 2.47 bits per heavy atom. The van der Waals surface area contributed by atoms with Gasteiger partial charge in [-0.25, -0.2) is 8.42 Å². The molecule has 0 spiro atoms. The van der Waals surface area contributed by atoms with Gasteiger partial charge in [0.1, 0.15) is 23.1 Å². The van der Waals surface area contributed by atoms with Crippen molar-refractivity contribution in [2.75, 3.05) is 12.3 Å². The zero-order valence-electron chi connectivity index (χ0n) is 16.4. The van der Waals surface area contributed by atoms with Gasteiger partial charge in [-0.1, -0.05) is 11.3 Å². The number of ether oxygens (including phenoxy) is 2. The third-order valence-electron chi connectivity index (χ3n) is 4.52. The Kier molecular flexibility index (Phi) is 6.05. The molecule has 0 unspecified atom stereocenters. The van der Waals surface area contributed by atoms with E-state index in [1.165, 1.54) is 30.2 Å². The highest BCUT2D eigenvalue weighted by Crippen LogP contribution is 2.32. The van der Waals surface area contributed by atoms with Crippen LogP contribution in [0.5, 0.6) is 5.75 Å². The summed E-state index contributed by atoms with van der Waals surface area (Å²) in [6, 6.07) is 5.08. The van der Waals surface area contributed by atoms with E-state index in [1.807, 2.05) is 0 Å². The van der Waals surface area contributed by atoms with Gasteiger partial charge in [-0.3, -0.25) is 4.98 Å². The molecule has 4 rings (SSSR count). The van der Waals surface area contributed by atoms with Crippen LogP contribution in [0.25, 0.3) is 10.7 Å². The number of hydrogen-bond donors (Lipinski definition) is 1. The van der Waals surface area contributed by atoms with Gasteiger partial charge in [-0.15, -0.1) is 23.4 Å². The number of nitrogen functional groups attached to an aromatic ring is 1. The molecule has 170 valence electrons. The van der Waals surface area contributed by atoms with Crippen LogP contribution in [0.1, 0.15) is 17.8 Å². The summed E-state index contributed by atoms with van der Waals surface area (Å²) in [4.78, 5) is 3.69. The average Bonchev–Trinajstić information content (AvgIpc) is 3.43. The molecule has 1 aromatic carbocycles. The molecule has 3 aromatic rings. The average molecular weight is 486 g/mol. The Bertz CT molecular complexity index is 1210. The molecule has 1 aliphatic rings. The van der Waals surface area contributed by atoms with Crippen molar-refractivity contribution in [1.82, 2.24) is 15.2 Å². The summed E-state index contributed by atoms with van der Waals surface area (Å²) in [7, 11) is -4.06. The van der Waals surface area contributed by atoms with Crippen LogP contribution in [0.3, 0.4) is 0 Å². The monoisotopic (exact) mass is 486 g/mol. The normalized spacial score (nSPS) is 14.5. The highest BCUT2D eigenvalue weighted by molar-refractivity contribution is 7.91. The maximum absolute atomic E-state index is 12.8. The highest BCUT2D eigenvalue weighted by Gasteiger charge is 2.31. The minimum atomic E-state index is -4.87. The van der Waals surface area contributed by atoms with Gasteiger partial charge >= 0.3 is 6.36 Å². The van der Waals surface area contributed by atoms with Crippen LogP contribution >= 0.6 is 11.3 Å². The van der Waals surface area contributed by atoms with Crippen LogP contribution in [0.4, 0.5) is 18.9 Å². The van der Waals surface area contributed by atoms with Crippen molar-refractivity contribution in [2.45, 2.75) is 35.6 Å². The quantitative estimate of drug-likeness (QED) is 0.510. The molecule has 0 aliphatic heterocycles. The third kappa shape index (κ3) is 5.34. The van der Waals surface area contributed by atoms with Crippen LogP contribution in [0.15, 0.2) is 46.3 Å². The number of alkyl halides is 3. The Morgan fingerprint density at radius 1 is 1.12 bits per heavy atom. The fourth-order valence-electron chi connectivity index (χ4n) is 2.75. The van der Waals surface area contributed by atoms with Crippen LogP contribution < -0.4 is 10.5 Å². The summed E-state index contributed by atoms with van der Waals surface area (Å²) >= 11 is 1.24. The van der Waals surface area contributed by atoms with Gasteiger partial charge in [0.05, 0.1) is 15.5 Å². The first-order valence-electron chi connectivity index (χ1n) is 9.39. The summed E-state index contributed by atoms with van der Waals surface area (Å²) in [5.41, 5.74) is 6.37. The van der Waals surface area contributed by atoms with Gasteiger partial charge in [-0.2, -0.15) is 0 Å². The molecule has 2 aromatic heterocycles. The lowest BCUT2D eigenvalue weighted by molar-refractivity contribution is -0.274. The molecule has 1 fully saturated rings. The number of aromatic nitrogens is 3. The van der Waals surface area contributed by atoms with E-state index in [1.54, 1.807) is 0 Å². The Labute approximate surface area is 185 Å². The zero-order chi connectivity index (χ0) is 22.9. The van der Waals surface area contributed by atoms with E-state index in [0.29, 0.717) is 29.1 Å². The molecular formula is C19H17F3N4O4S2. The number of benzene rings is 1. The van der Waals surface area contributed by atoms with Gasteiger partial charge in [0.2, 0.25) is 9.84 Å². The summed E-state index contributed by atoms with van der Waals surface area (Å²) in [6.45, 7) is 1.01. The smallest absolute Gasteiger partial charge is 0.406 e. The second-order valence-electron chi connectivity index (χ2n) is 7.09. The third-order valence-corrected chi connectivity index (χ3v) is 7.16. The number of hydrogen-bond acceptors (Lipinski definition) is 9. The molecule has 2 N–H and O–H groups in total. The lowest BCUT2D eigenvalue weighted by atomic mass is 10.3. The Hall–Kier alpha value is -2.77. The first-order chi connectivity index (χ1) is 15.1. The number of sulfone groups is 1. The summed E-state index contributed by atoms with van der Waals surface area (Å²) in [6.07, 6.45) is -1.39. The van der Waals surface area contributed by atoms with E-state index in [2.05, 4.69) is 19.9 Å². The van der Waals surface area contributed by atoms with Crippen LogP contribution in [0, 0.1) is 5.92 Å². The largest absolute Gasteiger partial charge is 0.573 e. The van der Waals surface area contributed by atoms with Crippen LogP contribution in [-0.2, 0) is 21.2 Å². The minimum Gasteiger partial charge on any atom is -0.406 e. The second-order valence-corrected chi connectivity index (χ2v) is 10.1. The fraction of sp³-hybridized carbons (Fsp3) is 0.316. The number of halogens is 3. The Balaban J connectivity index is 1.50. The zero-order valence-corrected chi connectivity index (χ0v) is 18.0. The van der Waals surface area contributed by atoms with Gasteiger partial charge in [0, 0.05) is 12.8 Å². The molecule has 0 atom stereocenters. The molecular weight excluding hydrogens is 469 g/mol. The first kappa shape index (κ1) is 22.4. The summed E-state index contributed by atoms with van der Waals surface area (Å²) < 4.78 is 71.8. The molecule has 13 heteroatoms. The lowest BCUT2D eigenvalue weighted by Gasteiger charge is -2.10. The molecule has 1 saturated carbocycles. The van der Waals surface area contributed by atoms with Crippen molar-refractivity contribution in [3.8, 4) is 16.5 Å². The SMILES string of the molecule is Nc1cc(S(=O)(=O)c2ccc(OC(F)(F)F)cc2)cnc1-c1nnc(COCC2CC2)s1. The number of nitrogens with two attached hydrogens (primary N) is 1. The van der Waals surface area contributed by atoms with E-state index in [4.69, 9.17) is 10.5 Å². The lowest BCUT2D eigenvalue weighted by Crippen LogP contribution is -2.17. The predicted octanol–water partition coefficient (Wildman–Crippen LogP) is 3.84.